The van der Waals surface area contributed by atoms with Crippen molar-refractivity contribution in [1.29, 1.82) is 0 Å². The number of hydrogen-bond acceptors (Lipinski definition) is 2. The van der Waals surface area contributed by atoms with Crippen molar-refractivity contribution in [2.75, 3.05) is 13.1 Å². The summed E-state index contributed by atoms with van der Waals surface area (Å²) in [7, 11) is 0. The predicted octanol–water partition coefficient (Wildman–Crippen LogP) is 5.34. The number of aryl methyl sites for hydroxylation is 2. The van der Waals surface area contributed by atoms with Crippen LogP contribution in [-0.2, 0) is 4.79 Å². The van der Waals surface area contributed by atoms with E-state index in [1.165, 1.54) is 33.0 Å². The van der Waals surface area contributed by atoms with Gasteiger partial charge in [0.05, 0.1) is 12.0 Å². The summed E-state index contributed by atoms with van der Waals surface area (Å²) in [5.41, 5.74) is 5.04. The van der Waals surface area contributed by atoms with E-state index < -0.39 is 5.97 Å². The zero-order chi connectivity index (χ0) is 19.7. The van der Waals surface area contributed by atoms with Crippen molar-refractivity contribution in [1.82, 2.24) is 4.90 Å². The van der Waals surface area contributed by atoms with E-state index in [0.29, 0.717) is 6.54 Å². The van der Waals surface area contributed by atoms with Crippen molar-refractivity contribution < 1.29 is 9.90 Å². The van der Waals surface area contributed by atoms with E-state index in [1.807, 2.05) is 0 Å². The number of carboxylic acids is 1. The summed E-state index contributed by atoms with van der Waals surface area (Å²) in [4.78, 5) is 14.1. The van der Waals surface area contributed by atoms with Crippen molar-refractivity contribution >= 4 is 16.7 Å². The zero-order valence-electron chi connectivity index (χ0n) is 16.6. The average molecular weight is 373 g/mol. The molecule has 0 amide bonds. The van der Waals surface area contributed by atoms with Gasteiger partial charge in [0.2, 0.25) is 0 Å². The Balaban J connectivity index is 1.87. The Kier molecular flexibility index (Phi) is 5.19. The minimum atomic E-state index is -0.679. The minimum absolute atomic E-state index is 0.0637. The third-order valence-corrected chi connectivity index (χ3v) is 6.01. The largest absolute Gasteiger partial charge is 0.481 e. The lowest BCUT2D eigenvalue weighted by Crippen LogP contribution is -2.41. The molecule has 3 heteroatoms. The van der Waals surface area contributed by atoms with Crippen molar-refractivity contribution in [3.8, 4) is 0 Å². The van der Waals surface area contributed by atoms with E-state index in [9.17, 15) is 9.90 Å². The molecule has 4 rings (SSSR count). The molecule has 0 saturated carbocycles. The van der Waals surface area contributed by atoms with Crippen molar-refractivity contribution in [2.45, 2.75) is 32.7 Å². The van der Waals surface area contributed by atoms with Gasteiger partial charge in [0.25, 0.3) is 0 Å². The average Bonchev–Trinajstić information content (AvgIpc) is 2.70. The van der Waals surface area contributed by atoms with E-state index in [0.717, 1.165) is 19.4 Å². The molecule has 1 N–H and O–H groups in total. The first kappa shape index (κ1) is 18.7. The smallest absolute Gasteiger partial charge is 0.307 e. The first-order chi connectivity index (χ1) is 13.5. The number of carboxylic acid groups (broad SMARTS) is 1. The summed E-state index contributed by atoms with van der Waals surface area (Å²) in [5.74, 6) is -0.973. The lowest BCUT2D eigenvalue weighted by Gasteiger charge is -2.38. The van der Waals surface area contributed by atoms with Crippen LogP contribution in [0, 0.1) is 19.8 Å². The zero-order valence-corrected chi connectivity index (χ0v) is 16.6. The number of piperidine rings is 1. The third-order valence-electron chi connectivity index (χ3n) is 6.01. The molecule has 1 aliphatic heterocycles. The van der Waals surface area contributed by atoms with Gasteiger partial charge in [0, 0.05) is 6.54 Å². The van der Waals surface area contributed by atoms with Crippen molar-refractivity contribution in [3.05, 3.63) is 82.9 Å². The Bertz CT molecular complexity index is 1010. The molecular formula is C25H27NO2. The first-order valence-corrected chi connectivity index (χ1v) is 10.1. The number of aliphatic carboxylic acids is 1. The molecule has 1 aliphatic rings. The summed E-state index contributed by atoms with van der Waals surface area (Å²) in [5, 5.41) is 12.1. The quantitative estimate of drug-likeness (QED) is 0.671. The standard InChI is InChI=1S/C25H27NO2/c1-17-12-13-21(18(2)15-17)24(26-14-6-9-20(16-26)25(27)28)23-11-5-8-19-7-3-4-10-22(19)23/h3-5,7-8,10-13,15,20,24H,6,9,14,16H2,1-2H3,(H,27,28). The Hall–Kier alpha value is -2.65. The topological polar surface area (TPSA) is 40.5 Å². The van der Waals surface area contributed by atoms with Crippen molar-refractivity contribution in [2.24, 2.45) is 5.92 Å². The van der Waals surface area contributed by atoms with E-state index in [4.69, 9.17) is 0 Å². The van der Waals surface area contributed by atoms with E-state index >= 15 is 0 Å². The maximum atomic E-state index is 11.7. The molecule has 0 bridgehead atoms. The summed E-state index contributed by atoms with van der Waals surface area (Å²) in [6, 6.07) is 21.6. The number of benzene rings is 3. The number of rotatable bonds is 4. The van der Waals surface area contributed by atoms with Crippen LogP contribution < -0.4 is 0 Å². The van der Waals surface area contributed by atoms with Crippen LogP contribution >= 0.6 is 0 Å². The van der Waals surface area contributed by atoms with Crippen LogP contribution in [0.2, 0.25) is 0 Å². The van der Waals surface area contributed by atoms with E-state index in [1.54, 1.807) is 0 Å². The Labute approximate surface area is 166 Å². The minimum Gasteiger partial charge on any atom is -0.481 e. The van der Waals surface area contributed by atoms with Crippen LogP contribution in [0.3, 0.4) is 0 Å². The molecular weight excluding hydrogens is 346 g/mol. The van der Waals surface area contributed by atoms with Gasteiger partial charge in [-0.25, -0.2) is 0 Å². The first-order valence-electron chi connectivity index (χ1n) is 10.1. The summed E-state index contributed by atoms with van der Waals surface area (Å²) in [6.45, 7) is 5.80. The fourth-order valence-corrected chi connectivity index (χ4v) is 4.62. The number of fused-ring (bicyclic) bond motifs is 1. The van der Waals surface area contributed by atoms with Crippen LogP contribution in [0.1, 0.15) is 41.1 Å². The monoisotopic (exact) mass is 373 g/mol. The predicted molar refractivity (Wildman–Crippen MR) is 114 cm³/mol. The summed E-state index contributed by atoms with van der Waals surface area (Å²) < 4.78 is 0. The van der Waals surface area contributed by atoms with Crippen LogP contribution in [0.4, 0.5) is 0 Å². The molecule has 3 aromatic carbocycles. The molecule has 1 heterocycles. The highest BCUT2D eigenvalue weighted by Crippen LogP contribution is 2.37. The molecule has 0 aliphatic carbocycles. The molecule has 1 fully saturated rings. The number of hydrogen-bond donors (Lipinski definition) is 1. The van der Waals surface area contributed by atoms with Gasteiger partial charge in [-0.05, 0) is 60.7 Å². The Morgan fingerprint density at radius 1 is 1.04 bits per heavy atom. The maximum absolute atomic E-state index is 11.7. The number of carbonyl (C=O) groups is 1. The molecule has 144 valence electrons. The van der Waals surface area contributed by atoms with Crippen LogP contribution in [0.5, 0.6) is 0 Å². The van der Waals surface area contributed by atoms with Gasteiger partial charge < -0.3 is 5.11 Å². The highest BCUT2D eigenvalue weighted by molar-refractivity contribution is 5.86. The van der Waals surface area contributed by atoms with Gasteiger partial charge in [-0.2, -0.15) is 0 Å². The van der Waals surface area contributed by atoms with E-state index in [-0.39, 0.29) is 12.0 Å². The summed E-state index contributed by atoms with van der Waals surface area (Å²) in [6.07, 6.45) is 1.68. The van der Waals surface area contributed by atoms with Gasteiger partial charge >= 0.3 is 5.97 Å². The molecule has 3 aromatic rings. The maximum Gasteiger partial charge on any atom is 0.307 e. The molecule has 0 spiro atoms. The number of likely N-dealkylation sites (tertiary alicyclic amines) is 1. The normalized spacial score (nSPS) is 18.9. The third kappa shape index (κ3) is 3.55. The van der Waals surface area contributed by atoms with Gasteiger partial charge in [-0.1, -0.05) is 66.2 Å². The highest BCUT2D eigenvalue weighted by atomic mass is 16.4. The summed E-state index contributed by atoms with van der Waals surface area (Å²) >= 11 is 0. The fourth-order valence-electron chi connectivity index (χ4n) is 4.62. The SMILES string of the molecule is Cc1ccc(C(c2cccc3ccccc23)N2CCCC(C(=O)O)C2)c(C)c1. The fraction of sp³-hybridized carbons (Fsp3) is 0.320. The van der Waals surface area contributed by atoms with Gasteiger partial charge in [0.1, 0.15) is 0 Å². The highest BCUT2D eigenvalue weighted by Gasteiger charge is 2.32. The molecule has 3 nitrogen and oxygen atoms in total. The Morgan fingerprint density at radius 2 is 1.82 bits per heavy atom. The molecule has 1 saturated heterocycles. The molecule has 0 radical (unpaired) electrons. The molecule has 0 aromatic heterocycles. The van der Waals surface area contributed by atoms with Gasteiger partial charge in [0.15, 0.2) is 0 Å². The van der Waals surface area contributed by atoms with Crippen LogP contribution in [-0.4, -0.2) is 29.1 Å². The number of nitrogens with zero attached hydrogens (tertiary/aromatic N) is 1. The second-order valence-corrected chi connectivity index (χ2v) is 8.00. The van der Waals surface area contributed by atoms with Crippen LogP contribution in [0.25, 0.3) is 10.8 Å². The molecule has 2 unspecified atom stereocenters. The molecule has 28 heavy (non-hydrogen) atoms. The lowest BCUT2D eigenvalue weighted by molar-refractivity contribution is -0.143. The van der Waals surface area contributed by atoms with Crippen LogP contribution in [0.15, 0.2) is 60.7 Å². The Morgan fingerprint density at radius 3 is 2.61 bits per heavy atom. The van der Waals surface area contributed by atoms with Crippen molar-refractivity contribution in [3.63, 3.8) is 0 Å². The van der Waals surface area contributed by atoms with Gasteiger partial charge in [-0.15, -0.1) is 0 Å². The molecule has 2 atom stereocenters. The van der Waals surface area contributed by atoms with Gasteiger partial charge in [-0.3, -0.25) is 9.69 Å². The second kappa shape index (κ2) is 7.76. The van der Waals surface area contributed by atoms with E-state index in [2.05, 4.69) is 79.4 Å². The second-order valence-electron chi connectivity index (χ2n) is 8.00. The lowest BCUT2D eigenvalue weighted by atomic mass is 9.87.